The van der Waals surface area contributed by atoms with Crippen molar-refractivity contribution in [1.82, 2.24) is 5.32 Å². The van der Waals surface area contributed by atoms with Crippen LogP contribution in [0, 0.1) is 13.8 Å². The van der Waals surface area contributed by atoms with Gasteiger partial charge < -0.3 is 10.4 Å². The molecule has 0 bridgehead atoms. The van der Waals surface area contributed by atoms with Crippen LogP contribution in [-0.4, -0.2) is 35.1 Å². The summed E-state index contributed by atoms with van der Waals surface area (Å²) in [5.41, 5.74) is -0.768. The lowest BCUT2D eigenvalue weighted by molar-refractivity contribution is -0.249. The number of amides is 1. The van der Waals surface area contributed by atoms with Crippen molar-refractivity contribution in [2.24, 2.45) is 0 Å². The fourth-order valence-electron chi connectivity index (χ4n) is 2.37. The number of ketones is 1. The number of nitrogens with one attached hydrogen (secondary N) is 1. The maximum Gasteiger partial charge on any atom is 0.418 e. The average Bonchev–Trinajstić information content (AvgIpc) is 2.60. The molecule has 27 heavy (non-hydrogen) atoms. The van der Waals surface area contributed by atoms with Gasteiger partial charge in [0.05, 0.1) is 12.1 Å². The molecule has 2 N–H and O–H groups in total. The van der Waals surface area contributed by atoms with E-state index in [9.17, 15) is 27.9 Å². The minimum absolute atomic E-state index is 0.0568. The number of carbonyl (C=O) groups excluding carboxylic acids is 2. The summed E-state index contributed by atoms with van der Waals surface area (Å²) in [6.07, 6.45) is -4.89. The molecule has 2 rings (SSSR count). The van der Waals surface area contributed by atoms with Gasteiger partial charge in [-0.3, -0.25) is 9.59 Å². The number of carbonyl (C=O) groups is 2. The third-order valence-electron chi connectivity index (χ3n) is 4.39. The number of rotatable bonds is 5. The van der Waals surface area contributed by atoms with E-state index in [4.69, 9.17) is 0 Å². The lowest BCUT2D eigenvalue weighted by Crippen LogP contribution is -2.51. The summed E-state index contributed by atoms with van der Waals surface area (Å²) in [6.45, 7) is 3.29. The van der Waals surface area contributed by atoms with E-state index in [0.717, 1.165) is 11.1 Å². The molecule has 0 saturated heterocycles. The van der Waals surface area contributed by atoms with Gasteiger partial charge in [-0.1, -0.05) is 30.3 Å². The van der Waals surface area contributed by atoms with Gasteiger partial charge in [0.2, 0.25) is 0 Å². The summed E-state index contributed by atoms with van der Waals surface area (Å²) in [5.74, 6) is -1.28. The van der Waals surface area contributed by atoms with Crippen LogP contribution >= 0.6 is 0 Å². The summed E-state index contributed by atoms with van der Waals surface area (Å²) >= 11 is 0. The van der Waals surface area contributed by atoms with E-state index >= 15 is 0 Å². The van der Waals surface area contributed by atoms with Crippen LogP contribution in [0.15, 0.2) is 42.5 Å². The van der Waals surface area contributed by atoms with Crippen LogP contribution < -0.4 is 5.32 Å². The van der Waals surface area contributed by atoms with Crippen molar-refractivity contribution in [3.8, 4) is 0 Å². The first-order valence-electron chi connectivity index (χ1n) is 8.22. The standard InChI is InChI=1S/C20H20F3NO3/c1-12-8-9-14(10-13(12)2)17(25)15-6-4-5-7-16(15)18(26)24-11-19(3,27)20(21,22)23/h4-10,27H,11H2,1-3H3,(H,24,26). The Hall–Kier alpha value is -2.67. The van der Waals surface area contributed by atoms with Crippen LogP contribution in [0.4, 0.5) is 13.2 Å². The first-order valence-corrected chi connectivity index (χ1v) is 8.22. The molecule has 4 nitrogen and oxygen atoms in total. The Labute approximate surface area is 155 Å². The molecule has 0 saturated carbocycles. The first kappa shape index (κ1) is 20.6. The van der Waals surface area contributed by atoms with Gasteiger partial charge in [-0.05, 0) is 44.0 Å². The van der Waals surface area contributed by atoms with E-state index in [2.05, 4.69) is 5.32 Å². The first-order chi connectivity index (χ1) is 12.4. The van der Waals surface area contributed by atoms with Crippen LogP contribution in [0.25, 0.3) is 0 Å². The van der Waals surface area contributed by atoms with Crippen LogP contribution in [0.1, 0.15) is 44.3 Å². The van der Waals surface area contributed by atoms with Crippen LogP contribution in [0.5, 0.6) is 0 Å². The Kier molecular flexibility index (Phi) is 5.75. The van der Waals surface area contributed by atoms with E-state index in [0.29, 0.717) is 12.5 Å². The maximum absolute atomic E-state index is 12.8. The van der Waals surface area contributed by atoms with E-state index in [1.54, 1.807) is 24.3 Å². The lowest BCUT2D eigenvalue weighted by Gasteiger charge is -2.26. The van der Waals surface area contributed by atoms with Gasteiger partial charge in [-0.2, -0.15) is 13.2 Å². The Morgan fingerprint density at radius 2 is 1.59 bits per heavy atom. The normalized spacial score (nSPS) is 13.7. The molecule has 0 aromatic heterocycles. The molecule has 2 aromatic carbocycles. The molecule has 0 spiro atoms. The molecule has 144 valence electrons. The monoisotopic (exact) mass is 379 g/mol. The predicted octanol–water partition coefficient (Wildman–Crippen LogP) is 3.58. The molecule has 0 aliphatic heterocycles. The van der Waals surface area contributed by atoms with Gasteiger partial charge >= 0.3 is 6.18 Å². The number of aryl methyl sites for hydroxylation is 2. The third-order valence-corrected chi connectivity index (χ3v) is 4.39. The molecule has 2 aromatic rings. The Balaban J connectivity index is 2.28. The highest BCUT2D eigenvalue weighted by Crippen LogP contribution is 2.29. The molecule has 0 radical (unpaired) electrons. The van der Waals surface area contributed by atoms with Gasteiger partial charge in [-0.25, -0.2) is 0 Å². The number of hydrogen-bond acceptors (Lipinski definition) is 3. The smallest absolute Gasteiger partial charge is 0.379 e. The highest BCUT2D eigenvalue weighted by molar-refractivity contribution is 6.15. The number of halogens is 3. The summed E-state index contributed by atoms with van der Waals surface area (Å²) in [5, 5.41) is 11.5. The van der Waals surface area contributed by atoms with E-state index in [1.807, 2.05) is 13.8 Å². The molecular formula is C20H20F3NO3. The van der Waals surface area contributed by atoms with Gasteiger partial charge in [0.25, 0.3) is 5.91 Å². The molecule has 7 heteroatoms. The third kappa shape index (κ3) is 4.54. The average molecular weight is 379 g/mol. The van der Waals surface area contributed by atoms with E-state index in [-0.39, 0.29) is 11.1 Å². The highest BCUT2D eigenvalue weighted by atomic mass is 19.4. The fraction of sp³-hybridized carbons (Fsp3) is 0.300. The number of hydrogen-bond donors (Lipinski definition) is 2. The second kappa shape index (κ2) is 7.52. The summed E-state index contributed by atoms with van der Waals surface area (Å²) in [4.78, 5) is 25.1. The Morgan fingerprint density at radius 1 is 1.00 bits per heavy atom. The topological polar surface area (TPSA) is 66.4 Å². The highest BCUT2D eigenvalue weighted by Gasteiger charge is 2.49. The molecule has 1 amide bonds. The second-order valence-corrected chi connectivity index (χ2v) is 6.63. The maximum atomic E-state index is 12.8. The van der Waals surface area contributed by atoms with Crippen molar-refractivity contribution in [2.45, 2.75) is 32.5 Å². The van der Waals surface area contributed by atoms with Gasteiger partial charge in [0.1, 0.15) is 0 Å². The van der Waals surface area contributed by atoms with Crippen LogP contribution in [0.2, 0.25) is 0 Å². The number of aliphatic hydroxyl groups is 1. The van der Waals surface area contributed by atoms with Crippen molar-refractivity contribution >= 4 is 11.7 Å². The van der Waals surface area contributed by atoms with Crippen LogP contribution in [0.3, 0.4) is 0 Å². The summed E-state index contributed by atoms with van der Waals surface area (Å²) in [6, 6.07) is 11.0. The molecule has 0 aliphatic rings. The zero-order valence-corrected chi connectivity index (χ0v) is 15.1. The molecular weight excluding hydrogens is 359 g/mol. The quantitative estimate of drug-likeness (QED) is 0.781. The summed E-state index contributed by atoms with van der Waals surface area (Å²) < 4.78 is 38.2. The van der Waals surface area contributed by atoms with Gasteiger partial charge in [0, 0.05) is 11.1 Å². The SMILES string of the molecule is Cc1ccc(C(=O)c2ccccc2C(=O)NCC(C)(O)C(F)(F)F)cc1C. The zero-order valence-electron chi connectivity index (χ0n) is 15.1. The van der Waals surface area contributed by atoms with Crippen molar-refractivity contribution in [3.05, 3.63) is 70.3 Å². The second-order valence-electron chi connectivity index (χ2n) is 6.63. The lowest BCUT2D eigenvalue weighted by atomic mass is 9.95. The van der Waals surface area contributed by atoms with Crippen molar-refractivity contribution in [1.29, 1.82) is 0 Å². The number of benzene rings is 2. The summed E-state index contributed by atoms with van der Waals surface area (Å²) in [7, 11) is 0. The van der Waals surface area contributed by atoms with Crippen molar-refractivity contribution < 1.29 is 27.9 Å². The van der Waals surface area contributed by atoms with E-state index in [1.165, 1.54) is 18.2 Å². The van der Waals surface area contributed by atoms with Crippen molar-refractivity contribution in [3.63, 3.8) is 0 Å². The van der Waals surface area contributed by atoms with E-state index < -0.39 is 30.0 Å². The minimum atomic E-state index is -4.89. The Bertz CT molecular complexity index is 873. The molecule has 0 heterocycles. The molecule has 1 atom stereocenters. The van der Waals surface area contributed by atoms with Crippen LogP contribution in [-0.2, 0) is 0 Å². The van der Waals surface area contributed by atoms with Gasteiger partial charge in [-0.15, -0.1) is 0 Å². The Morgan fingerprint density at radius 3 is 2.15 bits per heavy atom. The molecule has 1 unspecified atom stereocenters. The minimum Gasteiger partial charge on any atom is -0.379 e. The molecule has 0 aliphatic carbocycles. The fourth-order valence-corrected chi connectivity index (χ4v) is 2.37. The zero-order chi connectivity index (χ0) is 20.4. The largest absolute Gasteiger partial charge is 0.418 e. The van der Waals surface area contributed by atoms with Crippen molar-refractivity contribution in [2.75, 3.05) is 6.54 Å². The predicted molar refractivity (Wildman–Crippen MR) is 94.8 cm³/mol. The van der Waals surface area contributed by atoms with Gasteiger partial charge in [0.15, 0.2) is 11.4 Å². The number of alkyl halides is 3. The molecule has 0 fully saturated rings.